The van der Waals surface area contributed by atoms with Gasteiger partial charge in [0.1, 0.15) is 18.4 Å². The van der Waals surface area contributed by atoms with Gasteiger partial charge in [0.15, 0.2) is 0 Å². The monoisotopic (exact) mass is 626 g/mol. The molecule has 0 unspecified atom stereocenters. The van der Waals surface area contributed by atoms with Crippen LogP contribution in [0, 0.1) is 0 Å². The van der Waals surface area contributed by atoms with Gasteiger partial charge in [-0.25, -0.2) is 27.8 Å². The molecule has 12 nitrogen and oxygen atoms in total. The molecule has 0 spiro atoms. The van der Waals surface area contributed by atoms with Crippen molar-refractivity contribution in [1.82, 2.24) is 4.72 Å². The van der Waals surface area contributed by atoms with Crippen LogP contribution >= 0.6 is 15.9 Å². The number of benzene rings is 2. The lowest BCUT2D eigenvalue weighted by Gasteiger charge is -2.18. The molecular formula is C21H22BrF3N4O8S. The SMILES string of the molecule is NC(N)=NOCCCOc1ccc(C[C@H](NS(=O)(=O)c2ccccc2Br)C(=O)OOC(=O)C(F)(F)F)cc1. The van der Waals surface area contributed by atoms with Crippen LogP contribution in [0.4, 0.5) is 13.2 Å². The van der Waals surface area contributed by atoms with E-state index in [9.17, 15) is 31.2 Å². The van der Waals surface area contributed by atoms with Crippen molar-refractivity contribution in [3.8, 4) is 5.75 Å². The van der Waals surface area contributed by atoms with Gasteiger partial charge < -0.3 is 21.0 Å². The van der Waals surface area contributed by atoms with E-state index in [1.165, 1.54) is 42.5 Å². The molecule has 2 aromatic carbocycles. The van der Waals surface area contributed by atoms with Crippen molar-refractivity contribution in [2.45, 2.75) is 30.0 Å². The van der Waals surface area contributed by atoms with Crippen molar-refractivity contribution < 1.29 is 50.5 Å². The summed E-state index contributed by atoms with van der Waals surface area (Å²) < 4.78 is 70.6. The average Bonchev–Trinajstić information content (AvgIpc) is 2.84. The normalized spacial score (nSPS) is 12.2. The van der Waals surface area contributed by atoms with Crippen LogP contribution in [0.2, 0.25) is 0 Å². The van der Waals surface area contributed by atoms with Crippen LogP contribution in [0.25, 0.3) is 0 Å². The highest BCUT2D eigenvalue weighted by Crippen LogP contribution is 2.22. The minimum absolute atomic E-state index is 0.160. The number of sulfonamides is 1. The zero-order valence-electron chi connectivity index (χ0n) is 19.3. The highest BCUT2D eigenvalue weighted by atomic mass is 79.9. The molecule has 2 rings (SSSR count). The number of carbonyl (C=O) groups excluding carboxylic acids is 2. The summed E-state index contributed by atoms with van der Waals surface area (Å²) in [6, 6.07) is 9.86. The second-order valence-corrected chi connectivity index (χ2v) is 9.81. The highest BCUT2D eigenvalue weighted by molar-refractivity contribution is 9.10. The van der Waals surface area contributed by atoms with Crippen LogP contribution in [-0.2, 0) is 40.6 Å². The predicted molar refractivity (Wildman–Crippen MR) is 129 cm³/mol. The maximum atomic E-state index is 12.9. The van der Waals surface area contributed by atoms with E-state index >= 15 is 0 Å². The Bertz CT molecular complexity index is 1240. The van der Waals surface area contributed by atoms with Crippen molar-refractivity contribution in [3.05, 3.63) is 58.6 Å². The molecule has 0 radical (unpaired) electrons. The number of rotatable bonds is 12. The smallest absolute Gasteiger partial charge is 0.493 e. The maximum absolute atomic E-state index is 12.9. The Labute approximate surface area is 223 Å². The second-order valence-electron chi connectivity index (χ2n) is 7.27. The first-order chi connectivity index (χ1) is 17.8. The van der Waals surface area contributed by atoms with Crippen LogP contribution in [0.3, 0.4) is 0 Å². The molecule has 0 heterocycles. The zero-order chi connectivity index (χ0) is 28.3. The van der Waals surface area contributed by atoms with Crippen LogP contribution in [0.5, 0.6) is 5.75 Å². The van der Waals surface area contributed by atoms with Gasteiger partial charge in [0.2, 0.25) is 16.0 Å². The lowest BCUT2D eigenvalue weighted by molar-refractivity contribution is -0.286. The van der Waals surface area contributed by atoms with E-state index in [4.69, 9.17) is 21.0 Å². The number of nitrogens with zero attached hydrogens (tertiary/aromatic N) is 1. The van der Waals surface area contributed by atoms with E-state index in [0.29, 0.717) is 17.7 Å². The van der Waals surface area contributed by atoms with Gasteiger partial charge in [-0.1, -0.05) is 24.3 Å². The molecule has 0 amide bonds. The topological polar surface area (TPSA) is 182 Å². The Morgan fingerprint density at radius 1 is 1.03 bits per heavy atom. The van der Waals surface area contributed by atoms with Crippen LogP contribution in [0.15, 0.2) is 63.1 Å². The quantitative estimate of drug-likeness (QED) is 0.103. The number of oxime groups is 1. The minimum Gasteiger partial charge on any atom is -0.493 e. The fourth-order valence-electron chi connectivity index (χ4n) is 2.66. The number of nitrogens with two attached hydrogens (primary N) is 2. The molecule has 0 aliphatic rings. The fraction of sp³-hybridized carbons (Fsp3) is 0.286. The van der Waals surface area contributed by atoms with E-state index in [1.54, 1.807) is 6.07 Å². The van der Waals surface area contributed by atoms with Crippen molar-refractivity contribution in [2.75, 3.05) is 13.2 Å². The standard InChI is InChI=1S/C21H22BrF3N4O8S/c22-15-4-1-2-5-17(15)38(32,33)29-16(18(30)36-37-19(31)21(23,24)25)12-13-6-8-14(9-7-13)34-10-3-11-35-28-20(26)27/h1-2,4-9,16,29H,3,10-12H2,(H4,26,27,28)/t16-/m0/s1. The summed E-state index contributed by atoms with van der Waals surface area (Å²) in [4.78, 5) is 35.4. The van der Waals surface area contributed by atoms with Gasteiger partial charge in [-0.2, -0.15) is 17.9 Å². The molecule has 1 atom stereocenters. The van der Waals surface area contributed by atoms with Crippen molar-refractivity contribution >= 4 is 43.9 Å². The van der Waals surface area contributed by atoms with Crippen LogP contribution in [0.1, 0.15) is 12.0 Å². The number of hydrogen-bond acceptors (Lipinski definition) is 9. The molecule has 5 N–H and O–H groups in total. The molecule has 38 heavy (non-hydrogen) atoms. The summed E-state index contributed by atoms with van der Waals surface area (Å²) >= 11 is 3.08. The molecule has 0 fully saturated rings. The van der Waals surface area contributed by atoms with E-state index in [-0.39, 0.29) is 35.0 Å². The van der Waals surface area contributed by atoms with E-state index < -0.39 is 34.2 Å². The number of carbonyl (C=O) groups is 2. The Morgan fingerprint density at radius 3 is 2.29 bits per heavy atom. The molecule has 2 aromatic rings. The number of ether oxygens (including phenoxy) is 1. The average molecular weight is 627 g/mol. The summed E-state index contributed by atoms with van der Waals surface area (Å²) in [5.41, 5.74) is 10.6. The van der Waals surface area contributed by atoms with Gasteiger partial charge in [-0.15, -0.1) is 0 Å². The van der Waals surface area contributed by atoms with Gasteiger partial charge in [-0.05, 0) is 57.3 Å². The second kappa shape index (κ2) is 13.8. The Morgan fingerprint density at radius 2 is 1.68 bits per heavy atom. The third-order valence-corrected chi connectivity index (χ3v) is 6.80. The molecule has 0 bridgehead atoms. The fourth-order valence-corrected chi connectivity index (χ4v) is 4.85. The largest absolute Gasteiger partial charge is 0.495 e. The van der Waals surface area contributed by atoms with Gasteiger partial charge in [-0.3, -0.25) is 0 Å². The maximum Gasteiger partial charge on any atom is 0.495 e. The molecule has 17 heteroatoms. The minimum atomic E-state index is -5.43. The van der Waals surface area contributed by atoms with Crippen LogP contribution in [-0.4, -0.2) is 51.7 Å². The number of nitrogens with one attached hydrogen (secondary N) is 1. The van der Waals surface area contributed by atoms with Crippen molar-refractivity contribution in [2.24, 2.45) is 16.6 Å². The summed E-state index contributed by atoms with van der Waals surface area (Å²) in [5, 5.41) is 3.35. The summed E-state index contributed by atoms with van der Waals surface area (Å²) in [6.45, 7) is 0.432. The predicted octanol–water partition coefficient (Wildman–Crippen LogP) is 1.88. The third kappa shape index (κ3) is 10.1. The van der Waals surface area contributed by atoms with E-state index in [0.717, 1.165) is 0 Å². The van der Waals surface area contributed by atoms with Crippen molar-refractivity contribution in [1.29, 1.82) is 0 Å². The van der Waals surface area contributed by atoms with Gasteiger partial charge in [0.25, 0.3) is 0 Å². The number of alkyl halides is 3. The van der Waals surface area contributed by atoms with E-state index in [2.05, 4.69) is 35.6 Å². The molecule has 0 aromatic heterocycles. The van der Waals surface area contributed by atoms with Gasteiger partial charge in [0.05, 0.1) is 11.5 Å². The van der Waals surface area contributed by atoms with Gasteiger partial charge in [0, 0.05) is 10.9 Å². The highest BCUT2D eigenvalue weighted by Gasteiger charge is 2.43. The Kier molecular flexibility index (Phi) is 11.2. The molecule has 0 saturated carbocycles. The lowest BCUT2D eigenvalue weighted by Crippen LogP contribution is -2.44. The molecular weight excluding hydrogens is 605 g/mol. The molecule has 0 aliphatic heterocycles. The molecule has 208 valence electrons. The Balaban J connectivity index is 2.11. The summed E-state index contributed by atoms with van der Waals surface area (Å²) in [5.74, 6) is -4.17. The summed E-state index contributed by atoms with van der Waals surface area (Å²) in [7, 11) is -4.38. The molecule has 0 saturated heterocycles. The third-order valence-electron chi connectivity index (χ3n) is 4.32. The molecule has 0 aliphatic carbocycles. The first kappa shape index (κ1) is 30.7. The van der Waals surface area contributed by atoms with E-state index in [1.807, 2.05) is 0 Å². The van der Waals surface area contributed by atoms with Gasteiger partial charge >= 0.3 is 18.1 Å². The zero-order valence-corrected chi connectivity index (χ0v) is 21.7. The number of guanidine groups is 1. The first-order valence-electron chi connectivity index (χ1n) is 10.5. The number of halogens is 4. The summed E-state index contributed by atoms with van der Waals surface area (Å²) in [6.07, 6.45) is -5.37. The number of hydrogen-bond donors (Lipinski definition) is 3. The first-order valence-corrected chi connectivity index (χ1v) is 12.8. The lowest BCUT2D eigenvalue weighted by atomic mass is 10.1. The van der Waals surface area contributed by atoms with Crippen LogP contribution < -0.4 is 20.9 Å². The Hall–Kier alpha value is -3.57. The van der Waals surface area contributed by atoms with Crippen molar-refractivity contribution in [3.63, 3.8) is 0 Å².